The van der Waals surface area contributed by atoms with Crippen molar-refractivity contribution < 1.29 is 0 Å². The highest BCUT2D eigenvalue weighted by atomic mass is 35.5. The Morgan fingerprint density at radius 1 is 1.62 bits per heavy atom. The van der Waals surface area contributed by atoms with Crippen LogP contribution in [-0.2, 0) is 5.88 Å². The van der Waals surface area contributed by atoms with Crippen LogP contribution in [-0.4, -0.2) is 15.7 Å². The summed E-state index contributed by atoms with van der Waals surface area (Å²) in [6, 6.07) is 1.87. The Morgan fingerprint density at radius 3 is 3.23 bits per heavy atom. The third-order valence-corrected chi connectivity index (χ3v) is 3.73. The summed E-state index contributed by atoms with van der Waals surface area (Å²) < 4.78 is 0. The quantitative estimate of drug-likeness (QED) is 0.709. The molecule has 1 unspecified atom stereocenters. The third-order valence-electron chi connectivity index (χ3n) is 2.09. The van der Waals surface area contributed by atoms with E-state index in [0.29, 0.717) is 11.1 Å². The molecular formula is C9H11ClN2S. The molecule has 2 rings (SSSR count). The molecule has 1 atom stereocenters. The number of rotatable bonds is 2. The average Bonchev–Trinajstić information content (AvgIpc) is 2.71. The van der Waals surface area contributed by atoms with Crippen molar-refractivity contribution in [2.24, 2.45) is 0 Å². The second-order valence-electron chi connectivity index (χ2n) is 3.04. The second-order valence-corrected chi connectivity index (χ2v) is 4.62. The van der Waals surface area contributed by atoms with Gasteiger partial charge in [0, 0.05) is 6.20 Å². The van der Waals surface area contributed by atoms with Crippen molar-refractivity contribution in [3.63, 3.8) is 0 Å². The summed E-state index contributed by atoms with van der Waals surface area (Å²) in [5, 5.41) is 0.503. The lowest BCUT2D eigenvalue weighted by atomic mass is 10.2. The smallest absolute Gasteiger partial charge is 0.141 e. The first-order valence-electron chi connectivity index (χ1n) is 4.39. The van der Waals surface area contributed by atoms with E-state index < -0.39 is 0 Å². The number of hydrogen-bond donors (Lipinski definition) is 0. The number of hydrogen-bond acceptors (Lipinski definition) is 3. The van der Waals surface area contributed by atoms with Crippen LogP contribution < -0.4 is 0 Å². The van der Waals surface area contributed by atoms with Crippen molar-refractivity contribution in [1.82, 2.24) is 9.97 Å². The van der Waals surface area contributed by atoms with Crippen molar-refractivity contribution in [3.05, 3.63) is 23.8 Å². The van der Waals surface area contributed by atoms with Gasteiger partial charge in [-0.25, -0.2) is 9.97 Å². The predicted molar refractivity (Wildman–Crippen MR) is 56.0 cm³/mol. The van der Waals surface area contributed by atoms with Gasteiger partial charge in [0.05, 0.1) is 16.8 Å². The second kappa shape index (κ2) is 4.29. The van der Waals surface area contributed by atoms with E-state index >= 15 is 0 Å². The maximum absolute atomic E-state index is 5.71. The summed E-state index contributed by atoms with van der Waals surface area (Å²) in [4.78, 5) is 8.69. The summed E-state index contributed by atoms with van der Waals surface area (Å²) >= 11 is 7.66. The van der Waals surface area contributed by atoms with Gasteiger partial charge in [-0.3, -0.25) is 0 Å². The number of nitrogens with zero attached hydrogens (tertiary/aromatic N) is 2. The first kappa shape index (κ1) is 9.28. The van der Waals surface area contributed by atoms with E-state index in [0.717, 1.165) is 11.5 Å². The van der Waals surface area contributed by atoms with Crippen LogP contribution in [0.3, 0.4) is 0 Å². The number of aromatic nitrogens is 2. The fourth-order valence-electron chi connectivity index (χ4n) is 1.42. The SMILES string of the molecule is ClCc1ccnc(C2CCCS2)n1. The zero-order chi connectivity index (χ0) is 9.10. The minimum Gasteiger partial charge on any atom is -0.240 e. The van der Waals surface area contributed by atoms with Gasteiger partial charge in [-0.1, -0.05) is 0 Å². The van der Waals surface area contributed by atoms with Crippen LogP contribution >= 0.6 is 23.4 Å². The Hall–Kier alpha value is -0.280. The fraction of sp³-hybridized carbons (Fsp3) is 0.556. The molecule has 1 aliphatic rings. The molecule has 1 aromatic rings. The Balaban J connectivity index is 2.18. The molecule has 1 aliphatic heterocycles. The largest absolute Gasteiger partial charge is 0.240 e. The third kappa shape index (κ3) is 2.15. The molecule has 0 radical (unpaired) electrons. The van der Waals surface area contributed by atoms with E-state index in [-0.39, 0.29) is 0 Å². The summed E-state index contributed by atoms with van der Waals surface area (Å²) in [5.74, 6) is 2.67. The van der Waals surface area contributed by atoms with Gasteiger partial charge in [0.25, 0.3) is 0 Å². The van der Waals surface area contributed by atoms with Crippen molar-refractivity contribution in [3.8, 4) is 0 Å². The minimum atomic E-state index is 0.479. The van der Waals surface area contributed by atoms with Gasteiger partial charge in [0.15, 0.2) is 0 Å². The first-order valence-corrected chi connectivity index (χ1v) is 5.98. The van der Waals surface area contributed by atoms with Gasteiger partial charge in [0.2, 0.25) is 0 Å². The van der Waals surface area contributed by atoms with E-state index in [1.54, 1.807) is 6.20 Å². The van der Waals surface area contributed by atoms with Gasteiger partial charge in [-0.2, -0.15) is 11.8 Å². The molecule has 13 heavy (non-hydrogen) atoms. The van der Waals surface area contributed by atoms with E-state index in [4.69, 9.17) is 11.6 Å². The molecule has 0 spiro atoms. The van der Waals surface area contributed by atoms with Gasteiger partial charge in [-0.05, 0) is 24.7 Å². The molecule has 0 aliphatic carbocycles. The normalized spacial score (nSPS) is 22.1. The molecule has 0 amide bonds. The van der Waals surface area contributed by atoms with Crippen molar-refractivity contribution in [2.75, 3.05) is 5.75 Å². The van der Waals surface area contributed by atoms with Crippen LogP contribution in [0.25, 0.3) is 0 Å². The molecule has 0 N–H and O–H groups in total. The van der Waals surface area contributed by atoms with Crippen LogP contribution in [0.15, 0.2) is 12.3 Å². The molecule has 2 nitrogen and oxygen atoms in total. The molecule has 2 heterocycles. The Morgan fingerprint density at radius 2 is 2.54 bits per heavy atom. The molecule has 1 saturated heterocycles. The van der Waals surface area contributed by atoms with Crippen LogP contribution in [0.2, 0.25) is 0 Å². The molecule has 70 valence electrons. The van der Waals surface area contributed by atoms with E-state index in [2.05, 4.69) is 9.97 Å². The highest BCUT2D eigenvalue weighted by Gasteiger charge is 2.20. The van der Waals surface area contributed by atoms with Crippen molar-refractivity contribution in [1.29, 1.82) is 0 Å². The van der Waals surface area contributed by atoms with Gasteiger partial charge in [-0.15, -0.1) is 11.6 Å². The van der Waals surface area contributed by atoms with Gasteiger partial charge >= 0.3 is 0 Å². The monoisotopic (exact) mass is 214 g/mol. The molecule has 4 heteroatoms. The van der Waals surface area contributed by atoms with Crippen molar-refractivity contribution in [2.45, 2.75) is 24.0 Å². The van der Waals surface area contributed by atoms with Gasteiger partial charge in [0.1, 0.15) is 5.82 Å². The summed E-state index contributed by atoms with van der Waals surface area (Å²) in [6.45, 7) is 0. The minimum absolute atomic E-state index is 0.479. The first-order chi connectivity index (χ1) is 6.40. The van der Waals surface area contributed by atoms with Crippen molar-refractivity contribution >= 4 is 23.4 Å². The summed E-state index contributed by atoms with van der Waals surface area (Å²) in [7, 11) is 0. The molecule has 0 aromatic carbocycles. The molecule has 1 fully saturated rings. The fourth-order valence-corrected chi connectivity index (χ4v) is 2.79. The topological polar surface area (TPSA) is 25.8 Å². The summed E-state index contributed by atoms with van der Waals surface area (Å²) in [5.41, 5.74) is 0.930. The Labute approximate surface area is 87.1 Å². The average molecular weight is 215 g/mol. The Bertz CT molecular complexity index is 287. The lowest BCUT2D eigenvalue weighted by Gasteiger charge is -2.06. The van der Waals surface area contributed by atoms with Crippen LogP contribution in [0.4, 0.5) is 0 Å². The van der Waals surface area contributed by atoms with Crippen LogP contribution in [0, 0.1) is 0 Å². The maximum atomic E-state index is 5.71. The lowest BCUT2D eigenvalue weighted by Crippen LogP contribution is -1.99. The summed E-state index contributed by atoms with van der Waals surface area (Å²) in [6.07, 6.45) is 4.29. The van der Waals surface area contributed by atoms with Crippen LogP contribution in [0.1, 0.15) is 29.6 Å². The standard InChI is InChI=1S/C9H11ClN2S/c10-6-7-3-4-11-9(12-7)8-2-1-5-13-8/h3-4,8H,1-2,5-6H2. The predicted octanol–water partition coefficient (Wildman–Crippen LogP) is 2.78. The number of alkyl halides is 1. The highest BCUT2D eigenvalue weighted by Crippen LogP contribution is 2.37. The number of halogens is 1. The lowest BCUT2D eigenvalue weighted by molar-refractivity contribution is 0.770. The zero-order valence-corrected chi connectivity index (χ0v) is 8.81. The van der Waals surface area contributed by atoms with E-state index in [1.807, 2.05) is 17.8 Å². The molecule has 0 saturated carbocycles. The Kier molecular flexibility index (Phi) is 3.06. The maximum Gasteiger partial charge on any atom is 0.141 e. The van der Waals surface area contributed by atoms with E-state index in [9.17, 15) is 0 Å². The highest BCUT2D eigenvalue weighted by molar-refractivity contribution is 7.99. The van der Waals surface area contributed by atoms with Crippen LogP contribution in [0.5, 0.6) is 0 Å². The molecule has 1 aromatic heterocycles. The molecule has 0 bridgehead atoms. The number of thioether (sulfide) groups is 1. The zero-order valence-electron chi connectivity index (χ0n) is 7.24. The molecular weight excluding hydrogens is 204 g/mol. The van der Waals surface area contributed by atoms with Gasteiger partial charge < -0.3 is 0 Å². The van der Waals surface area contributed by atoms with E-state index in [1.165, 1.54) is 18.6 Å².